The zero-order valence-electron chi connectivity index (χ0n) is 11.1. The van der Waals surface area contributed by atoms with Gasteiger partial charge in [0.05, 0.1) is 0 Å². The van der Waals surface area contributed by atoms with E-state index in [-0.39, 0.29) is 0 Å². The summed E-state index contributed by atoms with van der Waals surface area (Å²) in [7, 11) is 0. The predicted molar refractivity (Wildman–Crippen MR) is 86.6 cm³/mol. The molecule has 2 aromatic rings. The number of rotatable bonds is 4. The monoisotopic (exact) mass is 337 g/mol. The second-order valence-corrected chi connectivity index (χ2v) is 6.18. The second-order valence-electron chi connectivity index (χ2n) is 4.86. The molecule has 19 heavy (non-hydrogen) atoms. The molecule has 0 saturated heterocycles. The van der Waals surface area contributed by atoms with Crippen LogP contribution in [0, 0.1) is 0 Å². The summed E-state index contributed by atoms with van der Waals surface area (Å²) < 4.78 is 1.07. The molecule has 2 rings (SSSR count). The molecule has 3 heteroatoms. The lowest BCUT2D eigenvalue weighted by Gasteiger charge is -2.10. The summed E-state index contributed by atoms with van der Waals surface area (Å²) in [6, 6.07) is 14.9. The Labute approximate surface area is 128 Å². The predicted octanol–water partition coefficient (Wildman–Crippen LogP) is 5.27. The fourth-order valence-corrected chi connectivity index (χ4v) is 2.43. The molecular formula is C16H17BrClN. The second kappa shape index (κ2) is 6.56. The van der Waals surface area contributed by atoms with Gasteiger partial charge in [0, 0.05) is 27.6 Å². The Morgan fingerprint density at radius 2 is 1.79 bits per heavy atom. The summed E-state index contributed by atoms with van der Waals surface area (Å²) in [6.07, 6.45) is 0. The highest BCUT2D eigenvalue weighted by Gasteiger charge is 2.05. The summed E-state index contributed by atoms with van der Waals surface area (Å²) in [6.45, 7) is 5.12. The van der Waals surface area contributed by atoms with Gasteiger partial charge >= 0.3 is 0 Å². The van der Waals surface area contributed by atoms with Crippen LogP contribution in [0.1, 0.15) is 19.4 Å². The zero-order valence-corrected chi connectivity index (χ0v) is 13.4. The number of hydrogen-bond acceptors (Lipinski definition) is 1. The molecule has 100 valence electrons. The van der Waals surface area contributed by atoms with Crippen LogP contribution in [-0.2, 0) is 6.54 Å². The summed E-state index contributed by atoms with van der Waals surface area (Å²) in [5.74, 6) is 0. The van der Waals surface area contributed by atoms with E-state index >= 15 is 0 Å². The summed E-state index contributed by atoms with van der Waals surface area (Å²) in [5.41, 5.74) is 3.42. The van der Waals surface area contributed by atoms with E-state index in [1.165, 1.54) is 5.56 Å². The Morgan fingerprint density at radius 3 is 2.37 bits per heavy atom. The zero-order chi connectivity index (χ0) is 13.8. The van der Waals surface area contributed by atoms with Crippen molar-refractivity contribution in [3.05, 3.63) is 57.5 Å². The molecule has 0 spiro atoms. The molecule has 2 aromatic carbocycles. The van der Waals surface area contributed by atoms with Gasteiger partial charge in [-0.2, -0.15) is 0 Å². The SMILES string of the molecule is CC(C)NCc1ccc(-c2ccc(Br)cc2)c(Cl)c1. The van der Waals surface area contributed by atoms with Crippen molar-refractivity contribution in [2.45, 2.75) is 26.4 Å². The number of halogens is 2. The fraction of sp³-hybridized carbons (Fsp3) is 0.250. The molecule has 0 aliphatic carbocycles. The van der Waals surface area contributed by atoms with Gasteiger partial charge in [0.25, 0.3) is 0 Å². The van der Waals surface area contributed by atoms with E-state index in [4.69, 9.17) is 11.6 Å². The van der Waals surface area contributed by atoms with E-state index in [0.717, 1.165) is 27.2 Å². The molecule has 0 fully saturated rings. The third kappa shape index (κ3) is 4.07. The fourth-order valence-electron chi connectivity index (χ4n) is 1.85. The Balaban J connectivity index is 2.21. The average molecular weight is 339 g/mol. The van der Waals surface area contributed by atoms with Crippen LogP contribution < -0.4 is 5.32 Å². The van der Waals surface area contributed by atoms with Crippen molar-refractivity contribution in [2.24, 2.45) is 0 Å². The molecule has 0 amide bonds. The standard InChI is InChI=1S/C16H17BrClN/c1-11(2)19-10-12-3-8-15(16(18)9-12)13-4-6-14(17)7-5-13/h3-9,11,19H,10H2,1-2H3. The molecule has 0 heterocycles. The summed E-state index contributed by atoms with van der Waals surface area (Å²) in [5, 5.41) is 4.19. The molecule has 1 nitrogen and oxygen atoms in total. The minimum atomic E-state index is 0.477. The highest BCUT2D eigenvalue weighted by atomic mass is 79.9. The number of benzene rings is 2. The lowest BCUT2D eigenvalue weighted by Crippen LogP contribution is -2.21. The van der Waals surface area contributed by atoms with Gasteiger partial charge in [0.2, 0.25) is 0 Å². The van der Waals surface area contributed by atoms with Crippen LogP contribution in [0.25, 0.3) is 11.1 Å². The van der Waals surface area contributed by atoms with Crippen LogP contribution in [0.5, 0.6) is 0 Å². The van der Waals surface area contributed by atoms with Crippen molar-refractivity contribution >= 4 is 27.5 Å². The topological polar surface area (TPSA) is 12.0 Å². The van der Waals surface area contributed by atoms with Crippen LogP contribution in [0.2, 0.25) is 5.02 Å². The van der Waals surface area contributed by atoms with Crippen LogP contribution >= 0.6 is 27.5 Å². The molecular weight excluding hydrogens is 322 g/mol. The largest absolute Gasteiger partial charge is 0.310 e. The van der Waals surface area contributed by atoms with Crippen molar-refractivity contribution < 1.29 is 0 Å². The lowest BCUT2D eigenvalue weighted by atomic mass is 10.0. The third-order valence-corrected chi connectivity index (χ3v) is 3.74. The van der Waals surface area contributed by atoms with Gasteiger partial charge in [-0.15, -0.1) is 0 Å². The number of nitrogens with one attached hydrogen (secondary N) is 1. The highest BCUT2D eigenvalue weighted by Crippen LogP contribution is 2.29. The molecule has 0 radical (unpaired) electrons. The van der Waals surface area contributed by atoms with Crippen LogP contribution in [-0.4, -0.2) is 6.04 Å². The maximum atomic E-state index is 6.38. The van der Waals surface area contributed by atoms with E-state index in [0.29, 0.717) is 6.04 Å². The van der Waals surface area contributed by atoms with Crippen molar-refractivity contribution in [3.8, 4) is 11.1 Å². The molecule has 0 aliphatic rings. The Bertz CT molecular complexity index is 549. The molecule has 0 bridgehead atoms. The lowest BCUT2D eigenvalue weighted by molar-refractivity contribution is 0.589. The van der Waals surface area contributed by atoms with E-state index in [1.807, 2.05) is 18.2 Å². The molecule has 0 saturated carbocycles. The quantitative estimate of drug-likeness (QED) is 0.801. The van der Waals surface area contributed by atoms with Crippen molar-refractivity contribution in [1.82, 2.24) is 5.32 Å². The molecule has 1 N–H and O–H groups in total. The van der Waals surface area contributed by atoms with Gasteiger partial charge in [-0.05, 0) is 29.3 Å². The van der Waals surface area contributed by atoms with Gasteiger partial charge in [-0.3, -0.25) is 0 Å². The number of hydrogen-bond donors (Lipinski definition) is 1. The Morgan fingerprint density at radius 1 is 1.11 bits per heavy atom. The van der Waals surface area contributed by atoms with Gasteiger partial charge < -0.3 is 5.32 Å². The summed E-state index contributed by atoms with van der Waals surface area (Å²) >= 11 is 9.82. The van der Waals surface area contributed by atoms with E-state index < -0.39 is 0 Å². The highest BCUT2D eigenvalue weighted by molar-refractivity contribution is 9.10. The maximum absolute atomic E-state index is 6.38. The van der Waals surface area contributed by atoms with Crippen molar-refractivity contribution in [3.63, 3.8) is 0 Å². The summed E-state index contributed by atoms with van der Waals surface area (Å²) in [4.78, 5) is 0. The van der Waals surface area contributed by atoms with Crippen molar-refractivity contribution in [2.75, 3.05) is 0 Å². The van der Waals surface area contributed by atoms with Gasteiger partial charge in [-0.25, -0.2) is 0 Å². The minimum absolute atomic E-state index is 0.477. The third-order valence-electron chi connectivity index (χ3n) is 2.90. The van der Waals surface area contributed by atoms with Crippen LogP contribution in [0.4, 0.5) is 0 Å². The van der Waals surface area contributed by atoms with Crippen molar-refractivity contribution in [1.29, 1.82) is 0 Å². The first-order valence-corrected chi connectivity index (χ1v) is 7.51. The molecule has 0 aromatic heterocycles. The average Bonchev–Trinajstić information content (AvgIpc) is 2.38. The molecule has 0 aliphatic heterocycles. The Kier molecular flexibility index (Phi) is 5.03. The van der Waals surface area contributed by atoms with E-state index in [1.54, 1.807) is 0 Å². The first-order valence-electron chi connectivity index (χ1n) is 6.34. The first kappa shape index (κ1) is 14.6. The van der Waals surface area contributed by atoms with Gasteiger partial charge in [-0.1, -0.05) is 65.6 Å². The molecule has 0 atom stereocenters. The van der Waals surface area contributed by atoms with Gasteiger partial charge in [0.1, 0.15) is 0 Å². The smallest absolute Gasteiger partial charge is 0.0487 e. The minimum Gasteiger partial charge on any atom is -0.310 e. The van der Waals surface area contributed by atoms with Crippen LogP contribution in [0.3, 0.4) is 0 Å². The first-order chi connectivity index (χ1) is 9.06. The van der Waals surface area contributed by atoms with Gasteiger partial charge in [0.15, 0.2) is 0 Å². The Hall–Kier alpha value is -0.830. The maximum Gasteiger partial charge on any atom is 0.0487 e. The van der Waals surface area contributed by atoms with E-state index in [9.17, 15) is 0 Å². The molecule has 0 unspecified atom stereocenters. The normalized spacial score (nSPS) is 11.0. The van der Waals surface area contributed by atoms with Crippen LogP contribution in [0.15, 0.2) is 46.9 Å². The van der Waals surface area contributed by atoms with E-state index in [2.05, 4.69) is 59.4 Å².